The van der Waals surface area contributed by atoms with E-state index in [1.807, 2.05) is 0 Å². The molecule has 0 bridgehead atoms. The molecule has 1 amide bonds. The lowest BCUT2D eigenvalue weighted by atomic mass is 10.2. The van der Waals surface area contributed by atoms with Gasteiger partial charge in [-0.15, -0.1) is 0 Å². The van der Waals surface area contributed by atoms with E-state index < -0.39 is 0 Å². The van der Waals surface area contributed by atoms with Gasteiger partial charge in [0.25, 0.3) is 0 Å². The Hall–Kier alpha value is -0.880. The van der Waals surface area contributed by atoms with Crippen molar-refractivity contribution < 1.29 is 4.79 Å². The average Bonchev–Trinajstić information content (AvgIpc) is 2.36. The normalized spacial score (nSPS) is 20.3. The van der Waals surface area contributed by atoms with Gasteiger partial charge in [-0.25, -0.2) is 4.98 Å². The van der Waals surface area contributed by atoms with Crippen LogP contribution in [0.3, 0.4) is 0 Å². The van der Waals surface area contributed by atoms with Crippen molar-refractivity contribution in [3.8, 4) is 0 Å². The Morgan fingerprint density at radius 2 is 2.42 bits per heavy atom. The zero-order valence-corrected chi connectivity index (χ0v) is 12.1. The van der Waals surface area contributed by atoms with E-state index >= 15 is 0 Å². The Balaban J connectivity index is 1.93. The molecule has 7 heteroatoms. The molecule has 1 aliphatic heterocycles. The Morgan fingerprint density at radius 3 is 3.11 bits per heavy atom. The Kier molecular flexibility index (Phi) is 4.99. The van der Waals surface area contributed by atoms with Crippen molar-refractivity contribution in [2.75, 3.05) is 31.5 Å². The van der Waals surface area contributed by atoms with Crippen molar-refractivity contribution in [1.29, 1.82) is 0 Å². The standard InChI is InChI=1S/C12H16Cl2N4O/c1-8-5-15-2-3-18(8)7-11(19)17-12-10(14)4-9(13)6-16-12/h4,6,8,15H,2-3,5,7H2,1H3,(H,16,17,19)/t8-/m0/s1. The molecule has 19 heavy (non-hydrogen) atoms. The van der Waals surface area contributed by atoms with E-state index in [0.29, 0.717) is 28.4 Å². The molecular formula is C12H16Cl2N4O. The largest absolute Gasteiger partial charge is 0.314 e. The molecule has 5 nitrogen and oxygen atoms in total. The number of pyridine rings is 1. The molecule has 1 aromatic heterocycles. The van der Waals surface area contributed by atoms with Crippen LogP contribution in [0, 0.1) is 0 Å². The van der Waals surface area contributed by atoms with E-state index in [0.717, 1.165) is 19.6 Å². The summed E-state index contributed by atoms with van der Waals surface area (Å²) in [6, 6.07) is 1.90. The van der Waals surface area contributed by atoms with Gasteiger partial charge in [0.2, 0.25) is 5.91 Å². The zero-order chi connectivity index (χ0) is 13.8. The number of carbonyl (C=O) groups is 1. The Morgan fingerprint density at radius 1 is 1.63 bits per heavy atom. The summed E-state index contributed by atoms with van der Waals surface area (Å²) in [5, 5.41) is 6.77. The highest BCUT2D eigenvalue weighted by Crippen LogP contribution is 2.22. The van der Waals surface area contributed by atoms with Crippen molar-refractivity contribution in [1.82, 2.24) is 15.2 Å². The van der Waals surface area contributed by atoms with Crippen LogP contribution in [0.15, 0.2) is 12.3 Å². The molecule has 2 heterocycles. The molecule has 2 N–H and O–H groups in total. The number of nitrogens with one attached hydrogen (secondary N) is 2. The summed E-state index contributed by atoms with van der Waals surface area (Å²) in [5.41, 5.74) is 0. The van der Waals surface area contributed by atoms with Crippen LogP contribution in [0.5, 0.6) is 0 Å². The summed E-state index contributed by atoms with van der Waals surface area (Å²) in [5.74, 6) is 0.226. The zero-order valence-electron chi connectivity index (χ0n) is 10.6. The van der Waals surface area contributed by atoms with Crippen LogP contribution in [0.2, 0.25) is 10.0 Å². The molecule has 1 atom stereocenters. The Labute approximate surface area is 122 Å². The maximum atomic E-state index is 12.0. The number of amides is 1. The number of piperazine rings is 1. The third kappa shape index (κ3) is 4.04. The number of anilines is 1. The first kappa shape index (κ1) is 14.5. The lowest BCUT2D eigenvalue weighted by Crippen LogP contribution is -2.52. The van der Waals surface area contributed by atoms with Crippen LogP contribution in [-0.4, -0.2) is 48.0 Å². The van der Waals surface area contributed by atoms with Crippen LogP contribution >= 0.6 is 23.2 Å². The molecule has 1 aliphatic rings. The van der Waals surface area contributed by atoms with Crippen LogP contribution in [0.4, 0.5) is 5.82 Å². The molecule has 0 aromatic carbocycles. The minimum absolute atomic E-state index is 0.120. The Bertz CT molecular complexity index is 469. The van der Waals surface area contributed by atoms with Crippen molar-refractivity contribution in [3.05, 3.63) is 22.3 Å². The third-order valence-electron chi connectivity index (χ3n) is 3.05. The fourth-order valence-electron chi connectivity index (χ4n) is 1.98. The number of rotatable bonds is 3. The minimum Gasteiger partial charge on any atom is -0.314 e. The van der Waals surface area contributed by atoms with E-state index in [4.69, 9.17) is 23.2 Å². The van der Waals surface area contributed by atoms with Gasteiger partial charge in [-0.05, 0) is 13.0 Å². The molecule has 0 radical (unpaired) electrons. The summed E-state index contributed by atoms with van der Waals surface area (Å²) in [6.45, 7) is 5.08. The van der Waals surface area contributed by atoms with Crippen molar-refractivity contribution >= 4 is 34.9 Å². The average molecular weight is 303 g/mol. The summed E-state index contributed by atoms with van der Waals surface area (Å²) in [6.07, 6.45) is 1.45. The molecule has 0 aliphatic carbocycles. The van der Waals surface area contributed by atoms with E-state index in [2.05, 4.69) is 27.4 Å². The summed E-state index contributed by atoms with van der Waals surface area (Å²) in [4.78, 5) is 18.1. The lowest BCUT2D eigenvalue weighted by molar-refractivity contribution is -0.118. The highest BCUT2D eigenvalue weighted by molar-refractivity contribution is 6.36. The second-order valence-corrected chi connectivity index (χ2v) is 5.40. The molecule has 0 unspecified atom stereocenters. The number of hydrogen-bond donors (Lipinski definition) is 2. The van der Waals surface area contributed by atoms with E-state index in [9.17, 15) is 4.79 Å². The van der Waals surface area contributed by atoms with Crippen LogP contribution in [0.1, 0.15) is 6.92 Å². The van der Waals surface area contributed by atoms with Gasteiger partial charge in [-0.3, -0.25) is 9.69 Å². The maximum Gasteiger partial charge on any atom is 0.239 e. The first-order chi connectivity index (χ1) is 9.06. The van der Waals surface area contributed by atoms with Crippen molar-refractivity contribution in [3.63, 3.8) is 0 Å². The second kappa shape index (κ2) is 6.52. The third-order valence-corrected chi connectivity index (χ3v) is 3.55. The monoisotopic (exact) mass is 302 g/mol. The predicted octanol–water partition coefficient (Wildman–Crippen LogP) is 1.62. The molecule has 2 rings (SSSR count). The number of hydrogen-bond acceptors (Lipinski definition) is 4. The van der Waals surface area contributed by atoms with E-state index in [-0.39, 0.29) is 5.91 Å². The number of aromatic nitrogens is 1. The van der Waals surface area contributed by atoms with Gasteiger partial charge in [-0.2, -0.15) is 0 Å². The second-order valence-electron chi connectivity index (χ2n) is 4.56. The fraction of sp³-hybridized carbons (Fsp3) is 0.500. The topological polar surface area (TPSA) is 57.3 Å². The first-order valence-electron chi connectivity index (χ1n) is 6.12. The van der Waals surface area contributed by atoms with E-state index in [1.165, 1.54) is 6.20 Å². The molecule has 1 aromatic rings. The van der Waals surface area contributed by atoms with Crippen LogP contribution in [0.25, 0.3) is 0 Å². The highest BCUT2D eigenvalue weighted by Gasteiger charge is 2.20. The summed E-state index contributed by atoms with van der Waals surface area (Å²) >= 11 is 11.7. The predicted molar refractivity (Wildman–Crippen MR) is 76.8 cm³/mol. The number of halogens is 2. The number of nitrogens with zero attached hydrogens (tertiary/aromatic N) is 2. The van der Waals surface area contributed by atoms with Crippen molar-refractivity contribution in [2.45, 2.75) is 13.0 Å². The van der Waals surface area contributed by atoms with Gasteiger partial charge in [0.15, 0.2) is 5.82 Å². The number of carbonyl (C=O) groups excluding carboxylic acids is 1. The fourth-order valence-corrected chi connectivity index (χ4v) is 2.41. The quantitative estimate of drug-likeness (QED) is 0.891. The molecule has 1 saturated heterocycles. The van der Waals surface area contributed by atoms with Gasteiger partial charge in [0.1, 0.15) is 0 Å². The summed E-state index contributed by atoms with van der Waals surface area (Å²) in [7, 11) is 0. The molecule has 1 fully saturated rings. The highest BCUT2D eigenvalue weighted by atomic mass is 35.5. The SMILES string of the molecule is C[C@H]1CNCCN1CC(=O)Nc1ncc(Cl)cc1Cl. The minimum atomic E-state index is -0.120. The van der Waals surface area contributed by atoms with E-state index in [1.54, 1.807) is 6.07 Å². The molecule has 104 valence electrons. The summed E-state index contributed by atoms with van der Waals surface area (Å²) < 4.78 is 0. The molecule has 0 spiro atoms. The first-order valence-corrected chi connectivity index (χ1v) is 6.87. The molecule has 0 saturated carbocycles. The van der Waals surface area contributed by atoms with Gasteiger partial charge in [0, 0.05) is 31.9 Å². The van der Waals surface area contributed by atoms with Crippen molar-refractivity contribution in [2.24, 2.45) is 0 Å². The van der Waals surface area contributed by atoms with Gasteiger partial charge < -0.3 is 10.6 Å². The smallest absolute Gasteiger partial charge is 0.239 e. The van der Waals surface area contributed by atoms with Crippen LogP contribution < -0.4 is 10.6 Å². The van der Waals surface area contributed by atoms with Gasteiger partial charge in [-0.1, -0.05) is 23.2 Å². The van der Waals surface area contributed by atoms with Crippen LogP contribution in [-0.2, 0) is 4.79 Å². The lowest BCUT2D eigenvalue weighted by Gasteiger charge is -2.33. The van der Waals surface area contributed by atoms with Gasteiger partial charge in [0.05, 0.1) is 16.6 Å². The van der Waals surface area contributed by atoms with Gasteiger partial charge >= 0.3 is 0 Å². The maximum absolute atomic E-state index is 12.0. The molecular weight excluding hydrogens is 287 g/mol.